The molecule has 5 fully saturated rings. The Morgan fingerprint density at radius 3 is 2.41 bits per heavy atom. The van der Waals surface area contributed by atoms with E-state index >= 15 is 0 Å². The first kappa shape index (κ1) is 27.0. The molecule has 1 aliphatic heterocycles. The maximum atomic E-state index is 12.7. The molecule has 5 aliphatic rings. The number of pyridine rings is 1. The molecule has 0 bridgehead atoms. The number of fused-ring (bicyclic) bond motifs is 7. The van der Waals surface area contributed by atoms with Crippen LogP contribution in [0.25, 0.3) is 0 Å². The predicted octanol–water partition coefficient (Wildman–Crippen LogP) is 7.98. The first-order valence-electron chi connectivity index (χ1n) is 15.6. The summed E-state index contributed by atoms with van der Waals surface area (Å²) in [5.41, 5.74) is 2.68. The van der Waals surface area contributed by atoms with Crippen LogP contribution in [0.1, 0.15) is 105 Å². The number of carbonyl (C=O) groups is 1. The quantitative estimate of drug-likeness (QED) is 0.295. The summed E-state index contributed by atoms with van der Waals surface area (Å²) in [5.74, 6) is 3.92. The highest BCUT2D eigenvalue weighted by molar-refractivity contribution is 5.62. The van der Waals surface area contributed by atoms with E-state index in [0.29, 0.717) is 40.6 Å². The Hall–Kier alpha value is -2.15. The van der Waals surface area contributed by atoms with E-state index in [4.69, 9.17) is 4.98 Å². The zero-order valence-corrected chi connectivity index (χ0v) is 25.2. The summed E-state index contributed by atoms with van der Waals surface area (Å²) in [6.07, 6.45) is 13.9. The number of nitrogens with zero attached hydrogens (tertiary/aromatic N) is 3. The third-order valence-corrected chi connectivity index (χ3v) is 14.2. The Bertz CT molecular complexity index is 1210. The molecule has 0 N–H and O–H groups in total. The average molecular weight is 528 g/mol. The second-order valence-corrected chi connectivity index (χ2v) is 15.6. The predicted molar refractivity (Wildman–Crippen MR) is 157 cm³/mol. The Balaban J connectivity index is 1.34. The largest absolute Gasteiger partial charge is 0.351 e. The van der Waals surface area contributed by atoms with Gasteiger partial charge in [-0.15, -0.1) is 0 Å². The molecule has 0 aromatic carbocycles. The van der Waals surface area contributed by atoms with E-state index in [1.165, 1.54) is 50.4 Å². The van der Waals surface area contributed by atoms with Gasteiger partial charge in [0.2, 0.25) is 0 Å². The number of aromatic nitrogens is 1. The molecule has 1 aromatic heterocycles. The number of piperidine rings is 1. The van der Waals surface area contributed by atoms with Crippen molar-refractivity contribution in [3.8, 4) is 6.07 Å². The van der Waals surface area contributed by atoms with Crippen LogP contribution in [-0.4, -0.2) is 23.4 Å². The van der Waals surface area contributed by atoms with Gasteiger partial charge in [-0.05, 0) is 137 Å². The average Bonchev–Trinajstić information content (AvgIpc) is 3.29. The number of hydrogen-bond acceptors (Lipinski definition) is 4. The van der Waals surface area contributed by atoms with E-state index in [9.17, 15) is 10.1 Å². The van der Waals surface area contributed by atoms with Gasteiger partial charge in [0.25, 0.3) is 0 Å². The van der Waals surface area contributed by atoms with Crippen molar-refractivity contribution in [1.29, 1.82) is 5.26 Å². The van der Waals surface area contributed by atoms with Crippen molar-refractivity contribution in [2.75, 3.05) is 11.4 Å². The lowest BCUT2D eigenvalue weighted by molar-refractivity contribution is -0.225. The van der Waals surface area contributed by atoms with Crippen LogP contribution in [0.5, 0.6) is 0 Å². The number of aldehydes is 1. The van der Waals surface area contributed by atoms with Crippen LogP contribution in [0.3, 0.4) is 0 Å². The van der Waals surface area contributed by atoms with Gasteiger partial charge in [0.1, 0.15) is 18.2 Å². The van der Waals surface area contributed by atoms with Crippen LogP contribution >= 0.6 is 0 Å². The van der Waals surface area contributed by atoms with Gasteiger partial charge in [0.15, 0.2) is 0 Å². The van der Waals surface area contributed by atoms with Gasteiger partial charge in [0.05, 0.1) is 5.56 Å². The minimum atomic E-state index is -0.112. The fraction of sp³-hybridized carbons (Fsp3) is 0.743. The summed E-state index contributed by atoms with van der Waals surface area (Å²) < 4.78 is 0. The first-order valence-corrected chi connectivity index (χ1v) is 15.6. The fourth-order valence-corrected chi connectivity index (χ4v) is 12.1. The molecule has 4 aliphatic carbocycles. The SMILES string of the molecule is C=C(C)[C@@H]1CC[C@]2(C=O)CC[C@]3(C)[C@H](CC[C@@H]4[C@@]5(C)CCN(c6ccc(C#N)cn6)C(C)(C)[C@@H]5CC[C@]43C)[C@@H]12. The first-order chi connectivity index (χ1) is 18.4. The smallest absolute Gasteiger partial charge is 0.129 e. The summed E-state index contributed by atoms with van der Waals surface area (Å²) in [5, 5.41) is 9.26. The maximum absolute atomic E-state index is 12.7. The standard InChI is InChI=1S/C35H49N3O/c1-23(2)25-12-15-35(22-39)17-16-33(6)26(30(25)35)9-10-28-32(5)18-19-38(29-11-8-24(20-36)21-37-29)31(3,4)27(32)13-14-34(28,33)7/h8,11,21-22,25-28,30H,1,9-10,12-19H2,2-7H3/t25-,26+,27-,28+,30+,32-,33+,34+,35+/m0/s1. The normalized spacial score (nSPS) is 46.2. The van der Waals surface area contributed by atoms with E-state index in [-0.39, 0.29) is 21.8 Å². The second kappa shape index (κ2) is 8.67. The highest BCUT2D eigenvalue weighted by atomic mass is 16.1. The van der Waals surface area contributed by atoms with Crippen molar-refractivity contribution in [1.82, 2.24) is 4.98 Å². The van der Waals surface area contributed by atoms with Gasteiger partial charge in [-0.1, -0.05) is 32.9 Å². The molecule has 39 heavy (non-hydrogen) atoms. The molecule has 2 heterocycles. The summed E-state index contributed by atoms with van der Waals surface area (Å²) in [7, 11) is 0. The molecule has 1 saturated heterocycles. The molecular weight excluding hydrogens is 478 g/mol. The van der Waals surface area contributed by atoms with Crippen molar-refractivity contribution in [3.05, 3.63) is 36.0 Å². The van der Waals surface area contributed by atoms with E-state index < -0.39 is 0 Å². The highest BCUT2D eigenvalue weighted by Gasteiger charge is 2.70. The number of hydrogen-bond donors (Lipinski definition) is 0. The second-order valence-electron chi connectivity index (χ2n) is 15.6. The summed E-state index contributed by atoms with van der Waals surface area (Å²) in [6.45, 7) is 20.5. The number of carbonyl (C=O) groups excluding carboxylic acids is 1. The molecule has 4 saturated carbocycles. The lowest BCUT2D eigenvalue weighted by Gasteiger charge is -2.73. The van der Waals surface area contributed by atoms with E-state index in [2.05, 4.69) is 59.1 Å². The zero-order chi connectivity index (χ0) is 28.0. The molecule has 4 heteroatoms. The van der Waals surface area contributed by atoms with Crippen molar-refractivity contribution < 1.29 is 4.79 Å². The minimum absolute atomic E-state index is 0.00296. The zero-order valence-electron chi connectivity index (χ0n) is 25.2. The molecule has 0 amide bonds. The van der Waals surface area contributed by atoms with Gasteiger partial charge in [-0.25, -0.2) is 4.98 Å². The lowest BCUT2D eigenvalue weighted by Crippen LogP contribution is -2.69. The molecule has 6 rings (SSSR count). The van der Waals surface area contributed by atoms with Crippen molar-refractivity contribution in [3.63, 3.8) is 0 Å². The van der Waals surface area contributed by atoms with Gasteiger partial charge < -0.3 is 9.69 Å². The molecular formula is C35H49N3O. The van der Waals surface area contributed by atoms with Gasteiger partial charge in [-0.2, -0.15) is 5.26 Å². The molecule has 210 valence electrons. The Morgan fingerprint density at radius 1 is 1.00 bits per heavy atom. The summed E-state index contributed by atoms with van der Waals surface area (Å²) in [6, 6.07) is 6.17. The Labute approximate surface area is 236 Å². The van der Waals surface area contributed by atoms with E-state index in [1.807, 2.05) is 12.1 Å². The highest BCUT2D eigenvalue weighted by Crippen LogP contribution is 2.76. The molecule has 0 radical (unpaired) electrons. The lowest BCUT2D eigenvalue weighted by atomic mass is 9.33. The third-order valence-electron chi connectivity index (χ3n) is 14.2. The van der Waals surface area contributed by atoms with Gasteiger partial charge in [-0.3, -0.25) is 0 Å². The molecule has 9 atom stereocenters. The fourth-order valence-electron chi connectivity index (χ4n) is 12.1. The monoisotopic (exact) mass is 527 g/mol. The Morgan fingerprint density at radius 2 is 1.77 bits per heavy atom. The number of nitriles is 1. The molecule has 0 spiro atoms. The van der Waals surface area contributed by atoms with Crippen LogP contribution in [0.15, 0.2) is 30.5 Å². The van der Waals surface area contributed by atoms with Gasteiger partial charge >= 0.3 is 0 Å². The van der Waals surface area contributed by atoms with Crippen molar-refractivity contribution >= 4 is 12.1 Å². The summed E-state index contributed by atoms with van der Waals surface area (Å²) >= 11 is 0. The van der Waals surface area contributed by atoms with E-state index in [0.717, 1.165) is 31.6 Å². The third kappa shape index (κ3) is 3.40. The Kier molecular flexibility index (Phi) is 6.01. The van der Waals surface area contributed by atoms with Crippen LogP contribution < -0.4 is 4.90 Å². The van der Waals surface area contributed by atoms with Crippen LogP contribution in [-0.2, 0) is 4.79 Å². The molecule has 4 nitrogen and oxygen atoms in total. The van der Waals surface area contributed by atoms with Gasteiger partial charge in [0, 0.05) is 23.7 Å². The van der Waals surface area contributed by atoms with Crippen LogP contribution in [0.2, 0.25) is 0 Å². The van der Waals surface area contributed by atoms with E-state index in [1.54, 1.807) is 6.20 Å². The summed E-state index contributed by atoms with van der Waals surface area (Å²) in [4.78, 5) is 20.0. The van der Waals surface area contributed by atoms with Crippen LogP contribution in [0.4, 0.5) is 5.82 Å². The topological polar surface area (TPSA) is 57.0 Å². The minimum Gasteiger partial charge on any atom is -0.351 e. The maximum Gasteiger partial charge on any atom is 0.129 e. The van der Waals surface area contributed by atoms with Crippen molar-refractivity contribution in [2.24, 2.45) is 51.2 Å². The number of anilines is 1. The molecule has 0 unspecified atom stereocenters. The van der Waals surface area contributed by atoms with Crippen LogP contribution in [0, 0.1) is 62.6 Å². The number of rotatable bonds is 3. The molecule has 1 aromatic rings. The number of allylic oxidation sites excluding steroid dienone is 1. The van der Waals surface area contributed by atoms with Crippen molar-refractivity contribution in [2.45, 2.75) is 105 Å².